The van der Waals surface area contributed by atoms with Gasteiger partial charge in [0.25, 0.3) is 11.2 Å². The third kappa shape index (κ3) is 12.1. The van der Waals surface area contributed by atoms with Gasteiger partial charge in [0.1, 0.15) is 0 Å². The van der Waals surface area contributed by atoms with E-state index in [9.17, 15) is 0 Å². The predicted molar refractivity (Wildman–Crippen MR) is 76.7 cm³/mol. The van der Waals surface area contributed by atoms with Crippen molar-refractivity contribution < 1.29 is 4.18 Å². The molecule has 0 heterocycles. The Morgan fingerprint density at radius 1 is 0.882 bits per heavy atom. The highest BCUT2D eigenvalue weighted by Gasteiger charge is 2.16. The summed E-state index contributed by atoms with van der Waals surface area (Å²) in [5.74, 6) is 0.920. The van der Waals surface area contributed by atoms with Crippen LogP contribution in [0.15, 0.2) is 0 Å². The standard InChI is InChI=1S/C14H28NOS/c1-3-4-5-6-7-8-9-10-11-12-13-17(14-15)16-2/h3-13H2,1-2H3/q+1. The third-order valence-corrected chi connectivity index (χ3v) is 4.25. The molecule has 0 aromatic rings. The molecule has 0 radical (unpaired) electrons. The molecule has 0 N–H and O–H groups in total. The molecule has 1 atom stereocenters. The van der Waals surface area contributed by atoms with Crippen molar-refractivity contribution in [2.24, 2.45) is 0 Å². The lowest BCUT2D eigenvalue weighted by Gasteiger charge is -2.01. The molecule has 0 spiro atoms. The zero-order valence-electron chi connectivity index (χ0n) is 11.5. The number of nitrogens with zero attached hydrogens (tertiary/aromatic N) is 1. The summed E-state index contributed by atoms with van der Waals surface area (Å²) in [7, 11) is 1.63. The maximum absolute atomic E-state index is 8.71. The first-order valence-corrected chi connectivity index (χ1v) is 8.32. The van der Waals surface area contributed by atoms with E-state index in [1.165, 1.54) is 57.8 Å². The van der Waals surface area contributed by atoms with E-state index in [0.29, 0.717) is 0 Å². The SMILES string of the molecule is CCCCCCCCCCCC[S+](C#N)OC. The lowest BCUT2D eigenvalue weighted by Crippen LogP contribution is -2.05. The quantitative estimate of drug-likeness (QED) is 0.292. The molecule has 0 amide bonds. The van der Waals surface area contributed by atoms with Gasteiger partial charge < -0.3 is 0 Å². The highest BCUT2D eigenvalue weighted by Crippen LogP contribution is 2.11. The van der Waals surface area contributed by atoms with Gasteiger partial charge in [0.05, 0.1) is 7.11 Å². The summed E-state index contributed by atoms with van der Waals surface area (Å²) < 4.78 is 5.05. The van der Waals surface area contributed by atoms with Gasteiger partial charge in [0, 0.05) is 0 Å². The number of unbranched alkanes of at least 4 members (excludes halogenated alkanes) is 9. The van der Waals surface area contributed by atoms with Crippen molar-refractivity contribution in [1.29, 1.82) is 5.26 Å². The highest BCUT2D eigenvalue weighted by molar-refractivity contribution is 7.96. The van der Waals surface area contributed by atoms with Gasteiger partial charge in [-0.1, -0.05) is 58.3 Å². The average molecular weight is 258 g/mol. The van der Waals surface area contributed by atoms with Crippen LogP contribution in [0.3, 0.4) is 0 Å². The van der Waals surface area contributed by atoms with Crippen molar-refractivity contribution in [3.8, 4) is 5.40 Å². The molecule has 3 heteroatoms. The topological polar surface area (TPSA) is 33.0 Å². The van der Waals surface area contributed by atoms with E-state index in [1.54, 1.807) is 7.11 Å². The Labute approximate surface area is 110 Å². The van der Waals surface area contributed by atoms with Crippen LogP contribution in [0.25, 0.3) is 0 Å². The van der Waals surface area contributed by atoms with Crippen molar-refractivity contribution >= 4 is 11.2 Å². The van der Waals surface area contributed by atoms with Crippen LogP contribution in [0.5, 0.6) is 0 Å². The van der Waals surface area contributed by atoms with Crippen LogP contribution in [0.2, 0.25) is 0 Å². The fraction of sp³-hybridized carbons (Fsp3) is 0.929. The van der Waals surface area contributed by atoms with E-state index in [1.807, 2.05) is 0 Å². The molecule has 0 aliphatic rings. The molecule has 0 bridgehead atoms. The molecular formula is C14H28NOS+. The molecule has 0 fully saturated rings. The largest absolute Gasteiger partial charge is 0.357 e. The predicted octanol–water partition coefficient (Wildman–Crippen LogP) is 4.57. The third-order valence-electron chi connectivity index (χ3n) is 2.99. The lowest BCUT2D eigenvalue weighted by molar-refractivity contribution is 0.476. The van der Waals surface area contributed by atoms with Crippen LogP contribution < -0.4 is 0 Å². The molecule has 100 valence electrons. The smallest absolute Gasteiger partial charge is 0.160 e. The summed E-state index contributed by atoms with van der Waals surface area (Å²) in [5, 5.41) is 10.9. The number of nitriles is 1. The molecule has 0 saturated heterocycles. The molecule has 0 saturated carbocycles. The van der Waals surface area contributed by atoms with Crippen molar-refractivity contribution in [2.45, 2.75) is 71.1 Å². The molecule has 0 aliphatic heterocycles. The van der Waals surface area contributed by atoms with Crippen molar-refractivity contribution in [3.63, 3.8) is 0 Å². The number of hydrogen-bond donors (Lipinski definition) is 0. The Kier molecular flexibility index (Phi) is 13.7. The summed E-state index contributed by atoms with van der Waals surface area (Å²) in [5.41, 5.74) is 0. The summed E-state index contributed by atoms with van der Waals surface area (Å²) >= 11 is -0.445. The summed E-state index contributed by atoms with van der Waals surface area (Å²) in [6.45, 7) is 2.26. The minimum Gasteiger partial charge on any atom is -0.160 e. The maximum atomic E-state index is 8.71. The van der Waals surface area contributed by atoms with Crippen LogP contribution in [-0.2, 0) is 15.4 Å². The monoisotopic (exact) mass is 258 g/mol. The van der Waals surface area contributed by atoms with Gasteiger partial charge in [-0.15, -0.1) is 5.26 Å². The Bertz CT molecular complexity index is 191. The van der Waals surface area contributed by atoms with Crippen LogP contribution in [0.4, 0.5) is 0 Å². The van der Waals surface area contributed by atoms with E-state index in [4.69, 9.17) is 9.44 Å². The molecule has 17 heavy (non-hydrogen) atoms. The molecule has 1 unspecified atom stereocenters. The van der Waals surface area contributed by atoms with Gasteiger partial charge in [-0.05, 0) is 12.8 Å². The lowest BCUT2D eigenvalue weighted by atomic mass is 10.1. The number of rotatable bonds is 12. The van der Waals surface area contributed by atoms with Gasteiger partial charge in [0.15, 0.2) is 5.75 Å². The minimum atomic E-state index is -0.445. The second-order valence-electron chi connectivity index (χ2n) is 4.49. The van der Waals surface area contributed by atoms with Crippen LogP contribution in [-0.4, -0.2) is 12.9 Å². The molecule has 0 rings (SSSR count). The zero-order valence-corrected chi connectivity index (χ0v) is 12.4. The molecular weight excluding hydrogens is 230 g/mol. The summed E-state index contributed by atoms with van der Waals surface area (Å²) in [6.07, 6.45) is 13.4. The van der Waals surface area contributed by atoms with Gasteiger partial charge in [-0.2, -0.15) is 4.18 Å². The fourth-order valence-electron chi connectivity index (χ4n) is 1.89. The zero-order chi connectivity index (χ0) is 12.8. The minimum absolute atomic E-state index is 0.445. The van der Waals surface area contributed by atoms with Crippen molar-refractivity contribution in [1.82, 2.24) is 0 Å². The number of thiocyanates is 1. The van der Waals surface area contributed by atoms with E-state index < -0.39 is 11.2 Å². The maximum Gasteiger partial charge on any atom is 0.357 e. The van der Waals surface area contributed by atoms with Crippen molar-refractivity contribution in [3.05, 3.63) is 0 Å². The fourth-order valence-corrected chi connectivity index (χ4v) is 2.69. The van der Waals surface area contributed by atoms with Gasteiger partial charge in [0.2, 0.25) is 0 Å². The second kappa shape index (κ2) is 13.9. The van der Waals surface area contributed by atoms with E-state index in [2.05, 4.69) is 12.3 Å². The van der Waals surface area contributed by atoms with Crippen molar-refractivity contribution in [2.75, 3.05) is 12.9 Å². The molecule has 0 aromatic carbocycles. The molecule has 2 nitrogen and oxygen atoms in total. The van der Waals surface area contributed by atoms with Gasteiger partial charge in [-0.25, -0.2) is 0 Å². The molecule has 0 aliphatic carbocycles. The first-order valence-electron chi connectivity index (χ1n) is 7.00. The first kappa shape index (κ1) is 16.8. The average Bonchev–Trinajstić information content (AvgIpc) is 2.36. The van der Waals surface area contributed by atoms with E-state index in [-0.39, 0.29) is 0 Å². The van der Waals surface area contributed by atoms with Crippen LogP contribution in [0.1, 0.15) is 71.1 Å². The Hall–Kier alpha value is -0.200. The summed E-state index contributed by atoms with van der Waals surface area (Å²) in [4.78, 5) is 0. The van der Waals surface area contributed by atoms with Gasteiger partial charge in [-0.3, -0.25) is 0 Å². The Morgan fingerprint density at radius 2 is 1.35 bits per heavy atom. The molecule has 0 aromatic heterocycles. The van der Waals surface area contributed by atoms with Crippen LogP contribution in [0, 0.1) is 10.7 Å². The summed E-state index contributed by atoms with van der Waals surface area (Å²) in [6, 6.07) is 0. The number of hydrogen-bond acceptors (Lipinski definition) is 2. The Balaban J connectivity index is 3.06. The van der Waals surface area contributed by atoms with E-state index in [0.717, 1.165) is 12.2 Å². The second-order valence-corrected chi connectivity index (χ2v) is 6.10. The van der Waals surface area contributed by atoms with Gasteiger partial charge >= 0.3 is 5.40 Å². The van der Waals surface area contributed by atoms with Crippen LogP contribution >= 0.6 is 0 Å². The van der Waals surface area contributed by atoms with E-state index >= 15 is 0 Å². The highest BCUT2D eigenvalue weighted by atomic mass is 32.2. The normalized spacial score (nSPS) is 12.3. The Morgan fingerprint density at radius 3 is 1.76 bits per heavy atom. The first-order chi connectivity index (χ1) is 8.35.